The summed E-state index contributed by atoms with van der Waals surface area (Å²) < 4.78 is 0. The van der Waals surface area contributed by atoms with Crippen LogP contribution in [-0.2, 0) is 17.6 Å². The van der Waals surface area contributed by atoms with Crippen LogP contribution in [-0.4, -0.2) is 51.9 Å². The molecule has 1 unspecified atom stereocenters. The second-order valence-electron chi connectivity index (χ2n) is 7.97. The van der Waals surface area contributed by atoms with Gasteiger partial charge in [0, 0.05) is 62.2 Å². The Morgan fingerprint density at radius 1 is 1.17 bits per heavy atom. The van der Waals surface area contributed by atoms with Crippen LogP contribution >= 0.6 is 0 Å². The highest BCUT2D eigenvalue weighted by molar-refractivity contribution is 5.73. The highest BCUT2D eigenvalue weighted by Crippen LogP contribution is 2.36. The molecule has 2 aromatic heterocycles. The molecule has 0 spiro atoms. The van der Waals surface area contributed by atoms with E-state index in [2.05, 4.69) is 40.0 Å². The van der Waals surface area contributed by atoms with E-state index in [4.69, 9.17) is 4.98 Å². The largest absolute Gasteiger partial charge is 0.353 e. The molecule has 0 radical (unpaired) electrons. The van der Waals surface area contributed by atoms with Crippen molar-refractivity contribution < 1.29 is 4.79 Å². The minimum Gasteiger partial charge on any atom is -0.353 e. The number of hydrogen-bond acceptors (Lipinski definition) is 5. The second-order valence-corrected chi connectivity index (χ2v) is 7.97. The van der Waals surface area contributed by atoms with Gasteiger partial charge in [-0.3, -0.25) is 9.78 Å². The zero-order valence-corrected chi connectivity index (χ0v) is 17.6. The van der Waals surface area contributed by atoms with Crippen molar-refractivity contribution >= 4 is 17.8 Å². The van der Waals surface area contributed by atoms with E-state index in [0.29, 0.717) is 5.92 Å². The summed E-state index contributed by atoms with van der Waals surface area (Å²) in [5.74, 6) is 1.61. The fraction of sp³-hybridized carbons (Fsp3) is 0.478. The normalized spacial score (nSPS) is 19.5. The Morgan fingerprint density at radius 2 is 1.97 bits per heavy atom. The van der Waals surface area contributed by atoms with Gasteiger partial charge in [0.25, 0.3) is 0 Å². The van der Waals surface area contributed by atoms with Crippen molar-refractivity contribution in [2.24, 2.45) is 0 Å². The Hall–Kier alpha value is -2.76. The van der Waals surface area contributed by atoms with E-state index in [1.807, 2.05) is 18.0 Å². The second kappa shape index (κ2) is 8.31. The lowest BCUT2D eigenvalue weighted by atomic mass is 9.82. The number of aromatic nitrogens is 3. The standard InChI is InChI=1S/C23H29N5O/c1-4-5-18-8-9-24-22(16(18)2)19-6-7-20-21(14-19)25-15-26-23(20)28-12-10-27(11-13-28)17(3)29/h4-5,8-9,15,19H,6-7,10-14H2,1-3H3/b5-4-. The third kappa shape index (κ3) is 3.88. The molecule has 1 saturated heterocycles. The summed E-state index contributed by atoms with van der Waals surface area (Å²) in [5.41, 5.74) is 6.14. The van der Waals surface area contributed by atoms with Gasteiger partial charge in [-0.25, -0.2) is 9.97 Å². The number of anilines is 1. The monoisotopic (exact) mass is 391 g/mol. The van der Waals surface area contributed by atoms with Crippen molar-refractivity contribution in [1.29, 1.82) is 0 Å². The maximum absolute atomic E-state index is 11.6. The van der Waals surface area contributed by atoms with E-state index in [1.165, 1.54) is 22.4 Å². The van der Waals surface area contributed by atoms with Gasteiger partial charge in [-0.15, -0.1) is 0 Å². The number of hydrogen-bond donors (Lipinski definition) is 0. The van der Waals surface area contributed by atoms with Gasteiger partial charge in [0.2, 0.25) is 5.91 Å². The third-order valence-electron chi connectivity index (χ3n) is 6.24. The summed E-state index contributed by atoms with van der Waals surface area (Å²) in [6, 6.07) is 2.08. The predicted octanol–water partition coefficient (Wildman–Crippen LogP) is 3.15. The predicted molar refractivity (Wildman–Crippen MR) is 115 cm³/mol. The lowest BCUT2D eigenvalue weighted by Gasteiger charge is -2.37. The molecular weight excluding hydrogens is 362 g/mol. The van der Waals surface area contributed by atoms with Gasteiger partial charge in [0.15, 0.2) is 0 Å². The van der Waals surface area contributed by atoms with E-state index in [1.54, 1.807) is 13.3 Å². The van der Waals surface area contributed by atoms with Crippen molar-refractivity contribution in [2.75, 3.05) is 31.1 Å². The minimum absolute atomic E-state index is 0.153. The lowest BCUT2D eigenvalue weighted by Crippen LogP contribution is -2.48. The minimum atomic E-state index is 0.153. The summed E-state index contributed by atoms with van der Waals surface area (Å²) in [6.07, 6.45) is 10.8. The summed E-state index contributed by atoms with van der Waals surface area (Å²) in [7, 11) is 0. The number of piperazine rings is 1. The molecule has 6 nitrogen and oxygen atoms in total. The van der Waals surface area contributed by atoms with Crippen LogP contribution in [0.2, 0.25) is 0 Å². The molecular formula is C23H29N5O. The topological polar surface area (TPSA) is 62.2 Å². The van der Waals surface area contributed by atoms with Gasteiger partial charge in [-0.1, -0.05) is 12.2 Å². The molecule has 0 saturated carbocycles. The molecule has 1 aliphatic carbocycles. The highest BCUT2D eigenvalue weighted by Gasteiger charge is 2.29. The zero-order valence-electron chi connectivity index (χ0n) is 17.6. The SMILES string of the molecule is C/C=C\c1ccnc(C2CCc3c(ncnc3N3CCN(C(C)=O)CC3)C2)c1C. The fourth-order valence-electron chi connectivity index (χ4n) is 4.60. The van der Waals surface area contributed by atoms with E-state index in [0.717, 1.165) is 57.0 Å². The van der Waals surface area contributed by atoms with Crippen molar-refractivity contribution in [2.45, 2.75) is 46.0 Å². The van der Waals surface area contributed by atoms with Crippen LogP contribution in [0.3, 0.4) is 0 Å². The van der Waals surface area contributed by atoms with Crippen molar-refractivity contribution in [1.82, 2.24) is 19.9 Å². The average Bonchev–Trinajstić information content (AvgIpc) is 2.74. The van der Waals surface area contributed by atoms with Crippen molar-refractivity contribution in [3.63, 3.8) is 0 Å². The maximum atomic E-state index is 11.6. The van der Waals surface area contributed by atoms with Crippen LogP contribution in [0.4, 0.5) is 5.82 Å². The Balaban J connectivity index is 1.56. The lowest BCUT2D eigenvalue weighted by molar-refractivity contribution is -0.129. The number of carbonyl (C=O) groups is 1. The van der Waals surface area contributed by atoms with Gasteiger partial charge in [0.1, 0.15) is 12.1 Å². The zero-order chi connectivity index (χ0) is 20.4. The smallest absolute Gasteiger partial charge is 0.219 e. The van der Waals surface area contributed by atoms with Gasteiger partial charge in [0.05, 0.1) is 0 Å². The molecule has 2 aromatic rings. The Kier molecular flexibility index (Phi) is 5.60. The number of rotatable bonds is 3. The van der Waals surface area contributed by atoms with E-state index < -0.39 is 0 Å². The molecule has 29 heavy (non-hydrogen) atoms. The number of nitrogens with zero attached hydrogens (tertiary/aromatic N) is 5. The average molecular weight is 392 g/mol. The summed E-state index contributed by atoms with van der Waals surface area (Å²) >= 11 is 0. The van der Waals surface area contributed by atoms with E-state index in [-0.39, 0.29) is 5.91 Å². The fourth-order valence-corrected chi connectivity index (χ4v) is 4.60. The first kappa shape index (κ1) is 19.6. The maximum Gasteiger partial charge on any atom is 0.219 e. The molecule has 1 amide bonds. The Labute approximate surface area is 172 Å². The molecule has 4 rings (SSSR count). The van der Waals surface area contributed by atoms with Crippen LogP contribution in [0.5, 0.6) is 0 Å². The highest BCUT2D eigenvalue weighted by atomic mass is 16.2. The first-order valence-corrected chi connectivity index (χ1v) is 10.5. The third-order valence-corrected chi connectivity index (χ3v) is 6.24. The van der Waals surface area contributed by atoms with E-state index >= 15 is 0 Å². The molecule has 2 aliphatic rings. The Bertz CT molecular complexity index is 931. The number of allylic oxidation sites excluding steroid dienone is 1. The van der Waals surface area contributed by atoms with Crippen molar-refractivity contribution in [3.05, 3.63) is 52.7 Å². The quantitative estimate of drug-likeness (QED) is 0.804. The molecule has 152 valence electrons. The van der Waals surface area contributed by atoms with E-state index in [9.17, 15) is 4.79 Å². The molecule has 0 N–H and O–H groups in total. The van der Waals surface area contributed by atoms with Crippen LogP contribution in [0.1, 0.15) is 54.3 Å². The summed E-state index contributed by atoms with van der Waals surface area (Å²) in [6.45, 7) is 9.05. The van der Waals surface area contributed by atoms with Crippen LogP contribution in [0.25, 0.3) is 6.08 Å². The first-order chi connectivity index (χ1) is 14.1. The molecule has 1 fully saturated rings. The van der Waals surface area contributed by atoms with Crippen LogP contribution < -0.4 is 4.90 Å². The van der Waals surface area contributed by atoms with Crippen LogP contribution in [0, 0.1) is 6.92 Å². The van der Waals surface area contributed by atoms with Gasteiger partial charge in [-0.05, 0) is 50.3 Å². The molecule has 6 heteroatoms. The van der Waals surface area contributed by atoms with Gasteiger partial charge in [-0.2, -0.15) is 0 Å². The number of pyridine rings is 1. The number of fused-ring (bicyclic) bond motifs is 1. The van der Waals surface area contributed by atoms with Crippen molar-refractivity contribution in [3.8, 4) is 0 Å². The van der Waals surface area contributed by atoms with Gasteiger partial charge >= 0.3 is 0 Å². The summed E-state index contributed by atoms with van der Waals surface area (Å²) in [5, 5.41) is 0. The Morgan fingerprint density at radius 3 is 2.69 bits per heavy atom. The molecule has 1 aliphatic heterocycles. The summed E-state index contributed by atoms with van der Waals surface area (Å²) in [4.78, 5) is 29.8. The van der Waals surface area contributed by atoms with Crippen LogP contribution in [0.15, 0.2) is 24.7 Å². The molecule has 0 bridgehead atoms. The molecule has 0 aromatic carbocycles. The van der Waals surface area contributed by atoms with Gasteiger partial charge < -0.3 is 9.80 Å². The molecule has 1 atom stereocenters. The molecule has 3 heterocycles. The number of amides is 1. The first-order valence-electron chi connectivity index (χ1n) is 10.5. The number of carbonyl (C=O) groups excluding carboxylic acids is 1.